The molecule has 3 atom stereocenters. The van der Waals surface area contributed by atoms with Gasteiger partial charge in [0.2, 0.25) is 11.8 Å². The van der Waals surface area contributed by atoms with E-state index in [0.29, 0.717) is 13.1 Å². The van der Waals surface area contributed by atoms with E-state index >= 15 is 0 Å². The molecule has 3 rings (SSSR count). The SMILES string of the molecule is CN(CC1CNNC1c1ccc(F)cc1)C(=O)C1CCC(=O)NC(=O)N1. The van der Waals surface area contributed by atoms with Crippen molar-refractivity contribution < 1.29 is 18.8 Å². The summed E-state index contributed by atoms with van der Waals surface area (Å²) in [5.41, 5.74) is 7.16. The van der Waals surface area contributed by atoms with Gasteiger partial charge in [0, 0.05) is 32.5 Å². The summed E-state index contributed by atoms with van der Waals surface area (Å²) in [5, 5.41) is 4.69. The van der Waals surface area contributed by atoms with Crippen LogP contribution in [0.2, 0.25) is 0 Å². The molecule has 0 aliphatic carbocycles. The number of imide groups is 1. The highest BCUT2D eigenvalue weighted by atomic mass is 19.1. The Kier molecular flexibility index (Phi) is 5.48. The van der Waals surface area contributed by atoms with E-state index < -0.39 is 12.1 Å². The van der Waals surface area contributed by atoms with Crippen LogP contribution in [-0.2, 0) is 9.59 Å². The first-order valence-electron chi connectivity index (χ1n) is 8.53. The van der Waals surface area contributed by atoms with Crippen molar-refractivity contribution in [2.45, 2.75) is 24.9 Å². The highest BCUT2D eigenvalue weighted by molar-refractivity contribution is 5.98. The highest BCUT2D eigenvalue weighted by Crippen LogP contribution is 2.26. The molecule has 4 amide bonds. The van der Waals surface area contributed by atoms with E-state index in [-0.39, 0.29) is 42.4 Å². The van der Waals surface area contributed by atoms with E-state index in [1.165, 1.54) is 12.1 Å². The number of carbonyl (C=O) groups excluding carboxylic acids is 3. The van der Waals surface area contributed by atoms with E-state index in [9.17, 15) is 18.8 Å². The van der Waals surface area contributed by atoms with Crippen LogP contribution in [0.1, 0.15) is 24.4 Å². The van der Waals surface area contributed by atoms with Crippen molar-refractivity contribution >= 4 is 17.8 Å². The lowest BCUT2D eigenvalue weighted by Crippen LogP contribution is -2.49. The number of likely N-dealkylation sites (N-methyl/N-ethyl adjacent to an activating group) is 1. The summed E-state index contributed by atoms with van der Waals surface area (Å²) in [6.45, 7) is 1.10. The van der Waals surface area contributed by atoms with Gasteiger partial charge in [-0.05, 0) is 24.1 Å². The van der Waals surface area contributed by atoms with Crippen molar-refractivity contribution in [1.29, 1.82) is 0 Å². The number of nitrogens with one attached hydrogen (secondary N) is 4. The molecule has 1 aromatic rings. The van der Waals surface area contributed by atoms with Crippen LogP contribution in [0.4, 0.5) is 9.18 Å². The average Bonchev–Trinajstić information content (AvgIpc) is 2.99. The molecular formula is C17H22FN5O3. The molecule has 2 fully saturated rings. The van der Waals surface area contributed by atoms with Crippen LogP contribution < -0.4 is 21.5 Å². The minimum Gasteiger partial charge on any atom is -0.344 e. The molecule has 0 bridgehead atoms. The number of amides is 4. The quantitative estimate of drug-likeness (QED) is 0.605. The molecule has 2 saturated heterocycles. The maximum Gasteiger partial charge on any atom is 0.322 e. The molecule has 1 aromatic carbocycles. The van der Waals surface area contributed by atoms with Gasteiger partial charge in [-0.1, -0.05) is 12.1 Å². The minimum absolute atomic E-state index is 0.0576. The van der Waals surface area contributed by atoms with Gasteiger partial charge in [-0.15, -0.1) is 0 Å². The van der Waals surface area contributed by atoms with E-state index in [4.69, 9.17) is 0 Å². The van der Waals surface area contributed by atoms with Gasteiger partial charge in [-0.3, -0.25) is 20.3 Å². The van der Waals surface area contributed by atoms with Crippen molar-refractivity contribution in [3.05, 3.63) is 35.6 Å². The molecule has 3 unspecified atom stereocenters. The Hall–Kier alpha value is -2.52. The second-order valence-corrected chi connectivity index (χ2v) is 6.65. The van der Waals surface area contributed by atoms with Gasteiger partial charge >= 0.3 is 6.03 Å². The number of halogens is 1. The molecular weight excluding hydrogens is 341 g/mol. The maximum atomic E-state index is 13.1. The van der Waals surface area contributed by atoms with Crippen molar-refractivity contribution in [3.63, 3.8) is 0 Å². The van der Waals surface area contributed by atoms with Gasteiger partial charge in [0.1, 0.15) is 11.9 Å². The molecule has 0 spiro atoms. The summed E-state index contributed by atoms with van der Waals surface area (Å²) in [4.78, 5) is 37.2. The molecule has 26 heavy (non-hydrogen) atoms. The summed E-state index contributed by atoms with van der Waals surface area (Å²) in [7, 11) is 1.68. The van der Waals surface area contributed by atoms with Crippen LogP contribution in [0, 0.1) is 11.7 Å². The third-order valence-corrected chi connectivity index (χ3v) is 4.72. The Morgan fingerprint density at radius 1 is 1.27 bits per heavy atom. The molecule has 0 radical (unpaired) electrons. The summed E-state index contributed by atoms with van der Waals surface area (Å²) < 4.78 is 13.1. The molecule has 0 saturated carbocycles. The topological polar surface area (TPSA) is 103 Å². The van der Waals surface area contributed by atoms with Crippen LogP contribution in [-0.4, -0.2) is 48.9 Å². The van der Waals surface area contributed by atoms with Gasteiger partial charge in [0.15, 0.2) is 0 Å². The first-order chi connectivity index (χ1) is 12.4. The first kappa shape index (κ1) is 18.3. The fraction of sp³-hybridized carbons (Fsp3) is 0.471. The predicted octanol–water partition coefficient (Wildman–Crippen LogP) is 0.0374. The average molecular weight is 363 g/mol. The van der Waals surface area contributed by atoms with Crippen molar-refractivity contribution in [3.8, 4) is 0 Å². The minimum atomic E-state index is -0.724. The van der Waals surface area contributed by atoms with Crippen LogP contribution in [0.15, 0.2) is 24.3 Å². The summed E-state index contributed by atoms with van der Waals surface area (Å²) in [6, 6.07) is 4.83. The fourth-order valence-corrected chi connectivity index (χ4v) is 3.36. The molecule has 8 nitrogen and oxygen atoms in total. The number of rotatable bonds is 4. The van der Waals surface area contributed by atoms with Gasteiger partial charge in [-0.2, -0.15) is 0 Å². The molecule has 140 valence electrons. The number of nitrogens with zero attached hydrogens (tertiary/aromatic N) is 1. The zero-order chi connectivity index (χ0) is 18.7. The Morgan fingerprint density at radius 2 is 2.00 bits per heavy atom. The van der Waals surface area contributed by atoms with Gasteiger partial charge in [0.05, 0.1) is 6.04 Å². The fourth-order valence-electron chi connectivity index (χ4n) is 3.36. The third-order valence-electron chi connectivity index (χ3n) is 4.72. The first-order valence-corrected chi connectivity index (χ1v) is 8.53. The Morgan fingerprint density at radius 3 is 2.73 bits per heavy atom. The number of hydrogen-bond acceptors (Lipinski definition) is 5. The summed E-state index contributed by atoms with van der Waals surface area (Å²) in [5.74, 6) is -0.841. The van der Waals surface area contributed by atoms with Crippen LogP contribution in [0.5, 0.6) is 0 Å². The van der Waals surface area contributed by atoms with Crippen molar-refractivity contribution in [2.75, 3.05) is 20.1 Å². The molecule has 2 heterocycles. The standard InChI is InChI=1S/C17H22FN5O3/c1-23(16(25)13-6-7-14(24)21-17(26)20-13)9-11-8-19-22-15(11)10-2-4-12(18)5-3-10/h2-5,11,13,15,19,22H,6-9H2,1H3,(H2,20,21,24,26). The van der Waals surface area contributed by atoms with E-state index in [1.807, 2.05) is 0 Å². The normalized spacial score (nSPS) is 26.0. The number of urea groups is 1. The molecule has 2 aliphatic heterocycles. The van der Waals surface area contributed by atoms with Crippen LogP contribution in [0.3, 0.4) is 0 Å². The Labute approximate surface area is 150 Å². The molecule has 4 N–H and O–H groups in total. The lowest BCUT2D eigenvalue weighted by molar-refractivity contribution is -0.132. The van der Waals surface area contributed by atoms with Crippen LogP contribution in [0.25, 0.3) is 0 Å². The third kappa shape index (κ3) is 4.17. The smallest absolute Gasteiger partial charge is 0.322 e. The van der Waals surface area contributed by atoms with Gasteiger partial charge in [0.25, 0.3) is 0 Å². The highest BCUT2D eigenvalue weighted by Gasteiger charge is 2.33. The second kappa shape index (κ2) is 7.79. The zero-order valence-corrected chi connectivity index (χ0v) is 14.4. The Balaban J connectivity index is 1.63. The number of benzene rings is 1. The second-order valence-electron chi connectivity index (χ2n) is 6.65. The zero-order valence-electron chi connectivity index (χ0n) is 14.4. The molecule has 2 aliphatic rings. The lowest BCUT2D eigenvalue weighted by Gasteiger charge is -2.27. The number of carbonyl (C=O) groups is 3. The predicted molar refractivity (Wildman–Crippen MR) is 91.1 cm³/mol. The monoisotopic (exact) mass is 363 g/mol. The summed E-state index contributed by atoms with van der Waals surface area (Å²) >= 11 is 0. The molecule has 9 heteroatoms. The summed E-state index contributed by atoms with van der Waals surface area (Å²) in [6.07, 6.45) is 0.386. The van der Waals surface area contributed by atoms with Gasteiger partial charge < -0.3 is 10.2 Å². The van der Waals surface area contributed by atoms with Crippen molar-refractivity contribution in [1.82, 2.24) is 26.4 Å². The van der Waals surface area contributed by atoms with E-state index in [0.717, 1.165) is 5.56 Å². The van der Waals surface area contributed by atoms with E-state index in [1.54, 1.807) is 24.1 Å². The number of hydrogen-bond donors (Lipinski definition) is 4. The molecule has 0 aromatic heterocycles. The largest absolute Gasteiger partial charge is 0.344 e. The number of hydrazine groups is 1. The maximum absolute atomic E-state index is 13.1. The Bertz CT molecular complexity index is 696. The van der Waals surface area contributed by atoms with Crippen molar-refractivity contribution in [2.24, 2.45) is 5.92 Å². The van der Waals surface area contributed by atoms with Gasteiger partial charge in [-0.25, -0.2) is 14.6 Å². The van der Waals surface area contributed by atoms with Crippen LogP contribution >= 0.6 is 0 Å². The van der Waals surface area contributed by atoms with E-state index in [2.05, 4.69) is 21.5 Å². The lowest BCUT2D eigenvalue weighted by atomic mass is 9.94.